The molecule has 1 aromatic rings. The van der Waals surface area contributed by atoms with Crippen molar-refractivity contribution in [3.63, 3.8) is 0 Å². The Balaban J connectivity index is 2.61. The third kappa shape index (κ3) is 5.45. The Bertz CT molecular complexity index is 438. The van der Waals surface area contributed by atoms with Crippen LogP contribution < -0.4 is 11.1 Å². The number of benzene rings is 1. The van der Waals surface area contributed by atoms with Crippen LogP contribution in [0.2, 0.25) is 0 Å². The summed E-state index contributed by atoms with van der Waals surface area (Å²) in [7, 11) is 0. The third-order valence-corrected chi connectivity index (χ3v) is 3.38. The zero-order valence-corrected chi connectivity index (χ0v) is 12.3. The fourth-order valence-electron chi connectivity index (χ4n) is 1.23. The van der Waals surface area contributed by atoms with E-state index in [2.05, 4.69) is 21.2 Å². The number of hydrogen-bond donors (Lipinski definition) is 2. The van der Waals surface area contributed by atoms with Crippen molar-refractivity contribution in [3.05, 3.63) is 28.2 Å². The third-order valence-electron chi connectivity index (χ3n) is 1.93. The number of hydrogen-bond acceptors (Lipinski definition) is 3. The first-order valence-corrected chi connectivity index (χ1v) is 7.02. The van der Waals surface area contributed by atoms with Gasteiger partial charge in [0.1, 0.15) is 4.99 Å². The molecule has 0 saturated heterocycles. The van der Waals surface area contributed by atoms with Gasteiger partial charge in [-0.25, -0.2) is 0 Å². The average Bonchev–Trinajstić information content (AvgIpc) is 2.22. The Kier molecular flexibility index (Phi) is 5.74. The quantitative estimate of drug-likeness (QED) is 0.620. The fourth-order valence-corrected chi connectivity index (χ4v) is 2.20. The second-order valence-corrected chi connectivity index (χ2v) is 5.79. The topological polar surface area (TPSA) is 38.0 Å². The van der Waals surface area contributed by atoms with Gasteiger partial charge in [-0.2, -0.15) is 13.2 Å². The maximum atomic E-state index is 11.9. The first kappa shape index (κ1) is 15.6. The molecule has 0 fully saturated rings. The molecular formula is C10H10BrF3N2S2. The molecule has 0 atom stereocenters. The Labute approximate surface area is 121 Å². The van der Waals surface area contributed by atoms with Gasteiger partial charge in [-0.1, -0.05) is 28.1 Å². The molecule has 0 spiro atoms. The van der Waals surface area contributed by atoms with Gasteiger partial charge in [-0.15, -0.1) is 0 Å². The first-order valence-electron chi connectivity index (χ1n) is 4.83. The van der Waals surface area contributed by atoms with Crippen LogP contribution in [0.15, 0.2) is 22.7 Å². The molecule has 0 radical (unpaired) electrons. The lowest BCUT2D eigenvalue weighted by Crippen LogP contribution is -2.15. The van der Waals surface area contributed by atoms with E-state index in [1.807, 2.05) is 0 Å². The average molecular weight is 359 g/mol. The van der Waals surface area contributed by atoms with Crippen molar-refractivity contribution in [2.45, 2.75) is 5.51 Å². The highest BCUT2D eigenvalue weighted by atomic mass is 79.9. The predicted octanol–water partition coefficient (Wildman–Crippen LogP) is 3.75. The normalized spacial score (nSPS) is 11.3. The molecule has 100 valence electrons. The summed E-state index contributed by atoms with van der Waals surface area (Å²) in [6.07, 6.45) is 0. The number of alkyl halides is 3. The Morgan fingerprint density at radius 3 is 2.67 bits per heavy atom. The van der Waals surface area contributed by atoms with E-state index in [4.69, 9.17) is 18.0 Å². The predicted molar refractivity (Wildman–Crippen MR) is 77.0 cm³/mol. The highest BCUT2D eigenvalue weighted by Gasteiger charge is 2.27. The van der Waals surface area contributed by atoms with E-state index in [-0.39, 0.29) is 29.0 Å². The maximum Gasteiger partial charge on any atom is 0.441 e. The molecule has 0 amide bonds. The van der Waals surface area contributed by atoms with Crippen LogP contribution in [0.1, 0.15) is 5.56 Å². The van der Waals surface area contributed by atoms with Crippen LogP contribution in [0.5, 0.6) is 0 Å². The number of halogens is 4. The minimum atomic E-state index is -4.20. The van der Waals surface area contributed by atoms with Gasteiger partial charge in [0.15, 0.2) is 0 Å². The van der Waals surface area contributed by atoms with Crippen molar-refractivity contribution in [1.29, 1.82) is 0 Å². The van der Waals surface area contributed by atoms with E-state index in [0.29, 0.717) is 11.3 Å². The molecule has 2 nitrogen and oxygen atoms in total. The molecule has 0 aliphatic heterocycles. The number of rotatable bonds is 5. The van der Waals surface area contributed by atoms with E-state index in [9.17, 15) is 13.2 Å². The summed E-state index contributed by atoms with van der Waals surface area (Å²) in [4.78, 5) is 0.202. The molecule has 8 heteroatoms. The monoisotopic (exact) mass is 358 g/mol. The summed E-state index contributed by atoms with van der Waals surface area (Å²) >= 11 is 8.08. The van der Waals surface area contributed by atoms with E-state index in [1.54, 1.807) is 18.2 Å². The highest BCUT2D eigenvalue weighted by Crippen LogP contribution is 2.30. The lowest BCUT2D eigenvalue weighted by Gasteiger charge is -2.12. The van der Waals surface area contributed by atoms with Crippen LogP contribution in [-0.4, -0.2) is 22.8 Å². The second kappa shape index (κ2) is 6.63. The van der Waals surface area contributed by atoms with Gasteiger partial charge in [-0.05, 0) is 30.0 Å². The minimum Gasteiger partial charge on any atom is -0.389 e. The molecule has 0 saturated carbocycles. The zero-order chi connectivity index (χ0) is 13.8. The molecule has 0 aliphatic carbocycles. The summed E-state index contributed by atoms with van der Waals surface area (Å²) in [6, 6.07) is 5.21. The largest absolute Gasteiger partial charge is 0.441 e. The van der Waals surface area contributed by atoms with Crippen LogP contribution in [0.3, 0.4) is 0 Å². The first-order chi connectivity index (χ1) is 8.29. The van der Waals surface area contributed by atoms with E-state index in [1.165, 1.54) is 0 Å². The van der Waals surface area contributed by atoms with Crippen molar-refractivity contribution in [1.82, 2.24) is 0 Å². The van der Waals surface area contributed by atoms with Crippen molar-refractivity contribution < 1.29 is 13.2 Å². The molecular weight excluding hydrogens is 349 g/mol. The van der Waals surface area contributed by atoms with Gasteiger partial charge in [0.25, 0.3) is 0 Å². The molecule has 1 rings (SSSR count). The van der Waals surface area contributed by atoms with E-state index in [0.717, 1.165) is 4.47 Å². The van der Waals surface area contributed by atoms with Gasteiger partial charge >= 0.3 is 5.51 Å². The second-order valence-electron chi connectivity index (χ2n) is 3.28. The van der Waals surface area contributed by atoms with Gasteiger partial charge in [0, 0.05) is 28.0 Å². The van der Waals surface area contributed by atoms with Crippen LogP contribution in [0.25, 0.3) is 0 Å². The summed E-state index contributed by atoms with van der Waals surface area (Å²) < 4.78 is 36.6. The Hall–Kier alpha value is -0.470. The van der Waals surface area contributed by atoms with Gasteiger partial charge in [-0.3, -0.25) is 0 Å². The smallest absolute Gasteiger partial charge is 0.389 e. The maximum absolute atomic E-state index is 11.9. The lowest BCUT2D eigenvalue weighted by atomic mass is 10.2. The molecule has 18 heavy (non-hydrogen) atoms. The standard InChI is InChI=1S/C10H10BrF3N2S2/c11-6-1-2-7(9(15)17)8(5-6)16-3-4-18-10(12,13)14/h1-2,5,16H,3-4H2,(H2,15,17). The molecule has 3 N–H and O–H groups in total. The number of thiocarbonyl (C=S) groups is 1. The molecule has 0 aromatic heterocycles. The fraction of sp³-hybridized carbons (Fsp3) is 0.300. The molecule has 0 aliphatic rings. The van der Waals surface area contributed by atoms with Crippen LogP contribution >= 0.6 is 39.9 Å². The molecule has 0 heterocycles. The van der Waals surface area contributed by atoms with Crippen molar-refractivity contribution >= 4 is 50.6 Å². The SMILES string of the molecule is NC(=S)c1ccc(Br)cc1NCCSC(F)(F)F. The Morgan fingerprint density at radius 1 is 1.44 bits per heavy atom. The molecule has 1 aromatic carbocycles. The van der Waals surface area contributed by atoms with Gasteiger partial charge in [0.2, 0.25) is 0 Å². The van der Waals surface area contributed by atoms with Gasteiger partial charge in [0.05, 0.1) is 0 Å². The Morgan fingerprint density at radius 2 is 2.11 bits per heavy atom. The van der Waals surface area contributed by atoms with E-state index >= 15 is 0 Å². The van der Waals surface area contributed by atoms with Crippen LogP contribution in [0.4, 0.5) is 18.9 Å². The number of nitrogens with two attached hydrogens (primary N) is 1. The molecule has 0 bridgehead atoms. The van der Waals surface area contributed by atoms with E-state index < -0.39 is 5.51 Å². The molecule has 0 unspecified atom stereocenters. The number of thioether (sulfide) groups is 1. The summed E-state index contributed by atoms with van der Waals surface area (Å²) in [6.45, 7) is 0.177. The summed E-state index contributed by atoms with van der Waals surface area (Å²) in [5, 5.41) is 2.89. The lowest BCUT2D eigenvalue weighted by molar-refractivity contribution is -0.0327. The highest BCUT2D eigenvalue weighted by molar-refractivity contribution is 9.10. The van der Waals surface area contributed by atoms with Crippen molar-refractivity contribution in [2.24, 2.45) is 5.73 Å². The summed E-state index contributed by atoms with van der Waals surface area (Å²) in [5.41, 5.74) is 2.57. The van der Waals surface area contributed by atoms with Gasteiger partial charge < -0.3 is 11.1 Å². The summed E-state index contributed by atoms with van der Waals surface area (Å²) in [5.74, 6) is -0.0766. The number of nitrogens with one attached hydrogen (secondary N) is 1. The van der Waals surface area contributed by atoms with Crippen molar-refractivity contribution in [3.8, 4) is 0 Å². The van der Waals surface area contributed by atoms with Crippen LogP contribution in [0, 0.1) is 0 Å². The van der Waals surface area contributed by atoms with Crippen molar-refractivity contribution in [2.75, 3.05) is 17.6 Å². The minimum absolute atomic E-state index is 0.0670. The van der Waals surface area contributed by atoms with Crippen LogP contribution in [-0.2, 0) is 0 Å². The zero-order valence-electron chi connectivity index (χ0n) is 9.05. The number of anilines is 1.